The molecule has 0 aliphatic carbocycles. The zero-order valence-corrected chi connectivity index (χ0v) is 18.4. The van der Waals surface area contributed by atoms with Gasteiger partial charge in [0.2, 0.25) is 5.91 Å². The minimum absolute atomic E-state index is 0.116. The second-order valence-corrected chi connectivity index (χ2v) is 11.1. The molecule has 3 rings (SSSR count). The van der Waals surface area contributed by atoms with Crippen LogP contribution in [-0.2, 0) is 27.0 Å². The second-order valence-electron chi connectivity index (χ2n) is 6.68. The summed E-state index contributed by atoms with van der Waals surface area (Å²) in [5.74, 6) is 1.35. The Morgan fingerprint density at radius 3 is 2.72 bits per heavy atom. The van der Waals surface area contributed by atoms with Gasteiger partial charge in [-0.05, 0) is 36.6 Å². The Morgan fingerprint density at radius 1 is 1.21 bits per heavy atom. The Morgan fingerprint density at radius 2 is 1.97 bits per heavy atom. The average molecular weight is 450 g/mol. The lowest BCUT2D eigenvalue weighted by Gasteiger charge is -2.13. The largest absolute Gasteiger partial charge is 0.355 e. The first-order valence-corrected chi connectivity index (χ1v) is 12.8. The standard InChI is InChI=1S/C20H23N3O3S3/c21-14-16-5-1-2-6-17(16)15-27-12-9-22-19(24)13-18-7-8-20(28-18)29(25,26)23-10-3-4-11-23/h1-2,5-8H,3-4,9-13,15H2,(H,22,24). The number of nitrogens with one attached hydrogen (secondary N) is 1. The van der Waals surface area contributed by atoms with Gasteiger partial charge in [0.1, 0.15) is 4.21 Å². The Labute approximate surface area is 180 Å². The van der Waals surface area contributed by atoms with Gasteiger partial charge in [-0.25, -0.2) is 8.42 Å². The van der Waals surface area contributed by atoms with E-state index in [9.17, 15) is 13.2 Å². The highest BCUT2D eigenvalue weighted by atomic mass is 32.2. The second kappa shape index (κ2) is 10.3. The molecule has 0 saturated carbocycles. The summed E-state index contributed by atoms with van der Waals surface area (Å²) in [5, 5.41) is 12.0. The summed E-state index contributed by atoms with van der Waals surface area (Å²) < 4.78 is 26.9. The fourth-order valence-electron chi connectivity index (χ4n) is 3.07. The predicted molar refractivity (Wildman–Crippen MR) is 116 cm³/mol. The first kappa shape index (κ1) is 21.8. The summed E-state index contributed by atoms with van der Waals surface area (Å²) in [6, 6.07) is 13.0. The maximum atomic E-state index is 12.6. The number of sulfonamides is 1. The molecule has 0 atom stereocenters. The van der Waals surface area contributed by atoms with Crippen LogP contribution in [0.4, 0.5) is 0 Å². The summed E-state index contributed by atoms with van der Waals surface area (Å²) >= 11 is 2.83. The van der Waals surface area contributed by atoms with Crippen LogP contribution >= 0.6 is 23.1 Å². The lowest BCUT2D eigenvalue weighted by Crippen LogP contribution is -2.27. The molecule has 1 aliphatic heterocycles. The number of thioether (sulfide) groups is 1. The van der Waals surface area contributed by atoms with Gasteiger partial charge in [0.05, 0.1) is 18.1 Å². The predicted octanol–water partition coefficient (Wildman–Crippen LogP) is 3.00. The molecule has 154 valence electrons. The van der Waals surface area contributed by atoms with Gasteiger partial charge in [0.15, 0.2) is 0 Å². The van der Waals surface area contributed by atoms with Gasteiger partial charge < -0.3 is 5.32 Å². The van der Waals surface area contributed by atoms with Crippen molar-refractivity contribution in [2.45, 2.75) is 29.2 Å². The molecular weight excluding hydrogens is 426 g/mol. The van der Waals surface area contributed by atoms with Crippen LogP contribution in [-0.4, -0.2) is 44.0 Å². The van der Waals surface area contributed by atoms with Gasteiger partial charge in [0, 0.05) is 36.0 Å². The van der Waals surface area contributed by atoms with E-state index in [1.165, 1.54) is 15.6 Å². The lowest BCUT2D eigenvalue weighted by molar-refractivity contribution is -0.120. The summed E-state index contributed by atoms with van der Waals surface area (Å²) in [5.41, 5.74) is 1.68. The van der Waals surface area contributed by atoms with Crippen molar-refractivity contribution >= 4 is 39.0 Å². The number of amides is 1. The fraction of sp³-hybridized carbons (Fsp3) is 0.400. The quantitative estimate of drug-likeness (QED) is 0.595. The molecule has 1 saturated heterocycles. The van der Waals surface area contributed by atoms with Crippen LogP contribution in [0.5, 0.6) is 0 Å². The van der Waals surface area contributed by atoms with Gasteiger partial charge >= 0.3 is 0 Å². The molecule has 2 aromatic rings. The van der Waals surface area contributed by atoms with Crippen LogP contribution in [0.3, 0.4) is 0 Å². The van der Waals surface area contributed by atoms with Crippen LogP contribution in [0.1, 0.15) is 28.8 Å². The number of thiophene rings is 1. The first-order valence-electron chi connectivity index (χ1n) is 9.42. The van der Waals surface area contributed by atoms with E-state index in [1.807, 2.05) is 18.2 Å². The lowest BCUT2D eigenvalue weighted by atomic mass is 10.1. The highest BCUT2D eigenvalue weighted by Crippen LogP contribution is 2.27. The highest BCUT2D eigenvalue weighted by molar-refractivity contribution is 7.98. The van der Waals surface area contributed by atoms with Crippen LogP contribution in [0, 0.1) is 11.3 Å². The molecule has 1 aliphatic rings. The minimum atomic E-state index is -3.42. The molecule has 0 spiro atoms. The summed E-state index contributed by atoms with van der Waals surface area (Å²) in [7, 11) is -3.42. The van der Waals surface area contributed by atoms with Crippen molar-refractivity contribution in [1.29, 1.82) is 5.26 Å². The van der Waals surface area contributed by atoms with Crippen LogP contribution in [0.2, 0.25) is 0 Å². The maximum absolute atomic E-state index is 12.6. The van der Waals surface area contributed by atoms with E-state index in [0.717, 1.165) is 34.8 Å². The molecule has 1 N–H and O–H groups in total. The van der Waals surface area contributed by atoms with E-state index in [0.29, 0.717) is 29.4 Å². The van der Waals surface area contributed by atoms with E-state index in [1.54, 1.807) is 30.0 Å². The van der Waals surface area contributed by atoms with Crippen molar-refractivity contribution in [3.63, 3.8) is 0 Å². The van der Waals surface area contributed by atoms with E-state index < -0.39 is 10.0 Å². The summed E-state index contributed by atoms with van der Waals surface area (Å²) in [4.78, 5) is 12.9. The number of benzene rings is 1. The minimum Gasteiger partial charge on any atom is -0.355 e. The number of nitriles is 1. The molecular formula is C20H23N3O3S3. The van der Waals surface area contributed by atoms with Crippen molar-refractivity contribution in [3.05, 3.63) is 52.4 Å². The molecule has 0 unspecified atom stereocenters. The first-order chi connectivity index (χ1) is 14.0. The SMILES string of the molecule is N#Cc1ccccc1CSCCNC(=O)Cc1ccc(S(=O)(=O)N2CCCC2)s1. The van der Waals surface area contributed by atoms with Crippen molar-refractivity contribution < 1.29 is 13.2 Å². The van der Waals surface area contributed by atoms with Crippen LogP contribution < -0.4 is 5.32 Å². The zero-order valence-electron chi connectivity index (χ0n) is 16.0. The number of carbonyl (C=O) groups excluding carboxylic acids is 1. The van der Waals surface area contributed by atoms with Crippen molar-refractivity contribution in [2.75, 3.05) is 25.4 Å². The molecule has 1 aromatic heterocycles. The molecule has 9 heteroatoms. The number of carbonyl (C=O) groups is 1. The average Bonchev–Trinajstić information content (AvgIpc) is 3.41. The topological polar surface area (TPSA) is 90.3 Å². The third kappa shape index (κ3) is 5.82. The fourth-order valence-corrected chi connectivity index (χ4v) is 6.96. The van der Waals surface area contributed by atoms with E-state index >= 15 is 0 Å². The van der Waals surface area contributed by atoms with Crippen LogP contribution in [0.25, 0.3) is 0 Å². The van der Waals surface area contributed by atoms with Gasteiger partial charge in [-0.3, -0.25) is 4.79 Å². The number of nitrogens with zero attached hydrogens (tertiary/aromatic N) is 2. The third-order valence-corrected chi connectivity index (χ3v) is 9.05. The number of rotatable bonds is 9. The molecule has 1 aromatic carbocycles. The zero-order chi connectivity index (χ0) is 20.7. The van der Waals surface area contributed by atoms with Crippen molar-refractivity contribution in [2.24, 2.45) is 0 Å². The monoisotopic (exact) mass is 449 g/mol. The molecule has 29 heavy (non-hydrogen) atoms. The molecule has 1 fully saturated rings. The maximum Gasteiger partial charge on any atom is 0.252 e. The molecule has 2 heterocycles. The van der Waals surface area contributed by atoms with Crippen molar-refractivity contribution in [3.8, 4) is 6.07 Å². The Kier molecular flexibility index (Phi) is 7.72. The van der Waals surface area contributed by atoms with Gasteiger partial charge in [-0.1, -0.05) is 18.2 Å². The van der Waals surface area contributed by atoms with Crippen LogP contribution in [0.15, 0.2) is 40.6 Å². The third-order valence-electron chi connectivity index (χ3n) is 4.59. The molecule has 1 amide bonds. The number of hydrogen-bond acceptors (Lipinski definition) is 6. The van der Waals surface area contributed by atoms with Gasteiger partial charge in [-0.15, -0.1) is 11.3 Å². The Bertz CT molecular complexity index is 990. The molecule has 0 bridgehead atoms. The highest BCUT2D eigenvalue weighted by Gasteiger charge is 2.28. The molecule has 6 nitrogen and oxygen atoms in total. The summed E-state index contributed by atoms with van der Waals surface area (Å²) in [6.45, 7) is 1.68. The summed E-state index contributed by atoms with van der Waals surface area (Å²) in [6.07, 6.45) is 1.99. The van der Waals surface area contributed by atoms with Gasteiger partial charge in [-0.2, -0.15) is 21.3 Å². The van der Waals surface area contributed by atoms with E-state index in [4.69, 9.17) is 5.26 Å². The van der Waals surface area contributed by atoms with E-state index in [-0.39, 0.29) is 12.3 Å². The Balaban J connectivity index is 1.41. The van der Waals surface area contributed by atoms with Crippen molar-refractivity contribution in [1.82, 2.24) is 9.62 Å². The normalized spacial score (nSPS) is 14.6. The Hall–Kier alpha value is -1.86. The number of hydrogen-bond donors (Lipinski definition) is 1. The smallest absolute Gasteiger partial charge is 0.252 e. The van der Waals surface area contributed by atoms with Gasteiger partial charge in [0.25, 0.3) is 10.0 Å². The van der Waals surface area contributed by atoms with E-state index in [2.05, 4.69) is 11.4 Å². The molecule has 0 radical (unpaired) electrons.